The molecule has 5 heteroatoms. The van der Waals surface area contributed by atoms with Gasteiger partial charge >= 0.3 is 0 Å². The third-order valence-electron chi connectivity index (χ3n) is 5.00. The molecule has 2 N–H and O–H groups in total. The van der Waals surface area contributed by atoms with E-state index in [9.17, 15) is 9.59 Å². The molecule has 0 spiro atoms. The van der Waals surface area contributed by atoms with Crippen LogP contribution in [0.3, 0.4) is 0 Å². The van der Waals surface area contributed by atoms with E-state index >= 15 is 0 Å². The maximum Gasteiger partial charge on any atom is 0.226 e. The van der Waals surface area contributed by atoms with Crippen LogP contribution in [0.5, 0.6) is 0 Å². The molecule has 2 heterocycles. The van der Waals surface area contributed by atoms with Gasteiger partial charge in [0.2, 0.25) is 11.8 Å². The summed E-state index contributed by atoms with van der Waals surface area (Å²) in [5, 5.41) is 0. The normalized spacial score (nSPS) is 24.0. The largest absolute Gasteiger partial charge is 0.342 e. The minimum Gasteiger partial charge on any atom is -0.342 e. The van der Waals surface area contributed by atoms with Gasteiger partial charge in [0.1, 0.15) is 0 Å². The summed E-state index contributed by atoms with van der Waals surface area (Å²) >= 11 is 0. The van der Waals surface area contributed by atoms with Crippen molar-refractivity contribution in [1.29, 1.82) is 0 Å². The Kier molecular flexibility index (Phi) is 5.62. The van der Waals surface area contributed by atoms with E-state index in [1.807, 2.05) is 23.6 Å². The van der Waals surface area contributed by atoms with Crippen molar-refractivity contribution in [3.05, 3.63) is 0 Å². The van der Waals surface area contributed by atoms with Crippen molar-refractivity contribution in [2.45, 2.75) is 52.0 Å². The van der Waals surface area contributed by atoms with Gasteiger partial charge in [0.15, 0.2) is 0 Å². The number of nitrogens with zero attached hydrogens (tertiary/aromatic N) is 2. The molecule has 0 aliphatic carbocycles. The minimum absolute atomic E-state index is 0.0961. The molecule has 21 heavy (non-hydrogen) atoms. The Morgan fingerprint density at radius 2 is 1.90 bits per heavy atom. The Morgan fingerprint density at radius 1 is 1.24 bits per heavy atom. The SMILES string of the molecule is CC(N)C(C)C(=O)N1CCC(CN2CCCCC2=O)CC1. The molecule has 5 nitrogen and oxygen atoms in total. The van der Waals surface area contributed by atoms with E-state index in [0.29, 0.717) is 18.2 Å². The highest BCUT2D eigenvalue weighted by atomic mass is 16.2. The standard InChI is InChI=1S/C16H29N3O2/c1-12(13(2)17)16(21)18-9-6-14(7-10-18)11-19-8-4-3-5-15(19)20/h12-14H,3-11,17H2,1-2H3. The third-order valence-corrected chi connectivity index (χ3v) is 5.00. The summed E-state index contributed by atoms with van der Waals surface area (Å²) in [4.78, 5) is 28.1. The lowest BCUT2D eigenvalue weighted by atomic mass is 9.93. The van der Waals surface area contributed by atoms with Crippen LogP contribution < -0.4 is 5.73 Å². The molecule has 120 valence electrons. The van der Waals surface area contributed by atoms with Gasteiger partial charge in [0.25, 0.3) is 0 Å². The van der Waals surface area contributed by atoms with Gasteiger partial charge in [-0.2, -0.15) is 0 Å². The maximum atomic E-state index is 12.3. The van der Waals surface area contributed by atoms with Gasteiger partial charge < -0.3 is 15.5 Å². The van der Waals surface area contributed by atoms with Crippen molar-refractivity contribution in [3.63, 3.8) is 0 Å². The van der Waals surface area contributed by atoms with E-state index in [1.165, 1.54) is 0 Å². The predicted molar refractivity (Wildman–Crippen MR) is 82.5 cm³/mol. The summed E-state index contributed by atoms with van der Waals surface area (Å²) in [7, 11) is 0. The summed E-state index contributed by atoms with van der Waals surface area (Å²) in [5.74, 6) is 0.926. The lowest BCUT2D eigenvalue weighted by molar-refractivity contribution is -0.138. The van der Waals surface area contributed by atoms with Crippen molar-refractivity contribution in [2.24, 2.45) is 17.6 Å². The maximum absolute atomic E-state index is 12.3. The van der Waals surface area contributed by atoms with Crippen molar-refractivity contribution >= 4 is 11.8 Å². The Balaban J connectivity index is 1.78. The van der Waals surface area contributed by atoms with Crippen molar-refractivity contribution in [2.75, 3.05) is 26.2 Å². The number of hydrogen-bond acceptors (Lipinski definition) is 3. The highest BCUT2D eigenvalue weighted by molar-refractivity contribution is 5.79. The average molecular weight is 295 g/mol. The number of nitrogens with two attached hydrogens (primary N) is 1. The minimum atomic E-state index is -0.106. The Hall–Kier alpha value is -1.10. The molecule has 2 rings (SSSR count). The van der Waals surface area contributed by atoms with Gasteiger partial charge in [-0.05, 0) is 38.5 Å². The summed E-state index contributed by atoms with van der Waals surface area (Å²) in [6.45, 7) is 7.21. The molecule has 2 unspecified atom stereocenters. The van der Waals surface area contributed by atoms with Gasteiger partial charge in [-0.25, -0.2) is 0 Å². The highest BCUT2D eigenvalue weighted by Gasteiger charge is 2.29. The van der Waals surface area contributed by atoms with Crippen LogP contribution in [0.1, 0.15) is 46.0 Å². The molecule has 2 aliphatic rings. The molecule has 0 radical (unpaired) electrons. The molecular formula is C16H29N3O2. The second-order valence-electron chi connectivity index (χ2n) is 6.71. The number of amides is 2. The van der Waals surface area contributed by atoms with Gasteiger partial charge in [-0.1, -0.05) is 6.92 Å². The first-order valence-corrected chi connectivity index (χ1v) is 8.31. The van der Waals surface area contributed by atoms with Crippen molar-refractivity contribution in [1.82, 2.24) is 9.80 Å². The van der Waals surface area contributed by atoms with E-state index in [1.54, 1.807) is 0 Å². The van der Waals surface area contributed by atoms with Crippen LogP contribution in [0.2, 0.25) is 0 Å². The lowest BCUT2D eigenvalue weighted by Gasteiger charge is -2.37. The van der Waals surface area contributed by atoms with Gasteiger partial charge in [0, 0.05) is 38.6 Å². The zero-order chi connectivity index (χ0) is 15.4. The van der Waals surface area contributed by atoms with Crippen LogP contribution in [0.15, 0.2) is 0 Å². The van der Waals surface area contributed by atoms with E-state index in [0.717, 1.165) is 51.9 Å². The van der Waals surface area contributed by atoms with Crippen molar-refractivity contribution < 1.29 is 9.59 Å². The first-order chi connectivity index (χ1) is 9.99. The van der Waals surface area contributed by atoms with Crippen molar-refractivity contribution in [3.8, 4) is 0 Å². The highest BCUT2D eigenvalue weighted by Crippen LogP contribution is 2.22. The fourth-order valence-corrected chi connectivity index (χ4v) is 3.22. The summed E-state index contributed by atoms with van der Waals surface area (Å²) in [6.07, 6.45) is 4.89. The molecule has 2 amide bonds. The summed E-state index contributed by atoms with van der Waals surface area (Å²) in [6, 6.07) is -0.0961. The van der Waals surface area contributed by atoms with Crippen LogP contribution in [-0.2, 0) is 9.59 Å². The smallest absolute Gasteiger partial charge is 0.226 e. The van der Waals surface area contributed by atoms with E-state index in [2.05, 4.69) is 0 Å². The molecule has 0 saturated carbocycles. The molecule has 2 fully saturated rings. The zero-order valence-electron chi connectivity index (χ0n) is 13.4. The fourth-order valence-electron chi connectivity index (χ4n) is 3.22. The average Bonchev–Trinajstić information content (AvgIpc) is 2.49. The second kappa shape index (κ2) is 7.25. The second-order valence-corrected chi connectivity index (χ2v) is 6.71. The number of piperidine rings is 2. The quantitative estimate of drug-likeness (QED) is 0.848. The third kappa shape index (κ3) is 4.19. The van der Waals surface area contributed by atoms with Crippen LogP contribution in [-0.4, -0.2) is 53.8 Å². The lowest BCUT2D eigenvalue weighted by Crippen LogP contribution is -2.47. The topological polar surface area (TPSA) is 66.6 Å². The van der Waals surface area contributed by atoms with Crippen LogP contribution in [0, 0.1) is 11.8 Å². The van der Waals surface area contributed by atoms with E-state index in [4.69, 9.17) is 5.73 Å². The number of likely N-dealkylation sites (tertiary alicyclic amines) is 2. The molecule has 0 aromatic rings. The van der Waals surface area contributed by atoms with Gasteiger partial charge in [-0.15, -0.1) is 0 Å². The molecule has 0 bridgehead atoms. The first kappa shape index (κ1) is 16.3. The van der Waals surface area contributed by atoms with Crippen LogP contribution in [0.25, 0.3) is 0 Å². The zero-order valence-corrected chi connectivity index (χ0v) is 13.4. The number of hydrogen-bond donors (Lipinski definition) is 1. The number of rotatable bonds is 4. The predicted octanol–water partition coefficient (Wildman–Crippen LogP) is 1.22. The van der Waals surface area contributed by atoms with Crippen LogP contribution >= 0.6 is 0 Å². The number of carbonyl (C=O) groups excluding carboxylic acids is 2. The number of carbonyl (C=O) groups is 2. The molecule has 2 aliphatic heterocycles. The molecule has 2 atom stereocenters. The summed E-state index contributed by atoms with van der Waals surface area (Å²) < 4.78 is 0. The molecule has 0 aromatic heterocycles. The Morgan fingerprint density at radius 3 is 2.48 bits per heavy atom. The molecule has 0 aromatic carbocycles. The fraction of sp³-hybridized carbons (Fsp3) is 0.875. The monoisotopic (exact) mass is 295 g/mol. The summed E-state index contributed by atoms with van der Waals surface area (Å²) in [5.41, 5.74) is 5.82. The van der Waals surface area contributed by atoms with Gasteiger partial charge in [0.05, 0.1) is 5.92 Å². The van der Waals surface area contributed by atoms with Crippen LogP contribution in [0.4, 0.5) is 0 Å². The Bertz CT molecular complexity index is 376. The molecular weight excluding hydrogens is 266 g/mol. The van der Waals surface area contributed by atoms with E-state index < -0.39 is 0 Å². The molecule has 2 saturated heterocycles. The first-order valence-electron chi connectivity index (χ1n) is 8.31. The van der Waals surface area contributed by atoms with Gasteiger partial charge in [-0.3, -0.25) is 9.59 Å². The Labute approximate surface area is 127 Å². The van der Waals surface area contributed by atoms with E-state index in [-0.39, 0.29) is 17.9 Å².